The van der Waals surface area contributed by atoms with E-state index in [-0.39, 0.29) is 12.1 Å². The van der Waals surface area contributed by atoms with E-state index in [9.17, 15) is 4.79 Å². The summed E-state index contributed by atoms with van der Waals surface area (Å²) in [6.45, 7) is 4.17. The molecule has 2 amide bonds. The average Bonchev–Trinajstić information content (AvgIpc) is 2.16. The summed E-state index contributed by atoms with van der Waals surface area (Å²) in [6, 6.07) is -0.205. The van der Waals surface area contributed by atoms with E-state index in [1.54, 1.807) is 11.9 Å². The highest BCUT2D eigenvalue weighted by atomic mass is 16.2. The van der Waals surface area contributed by atoms with Gasteiger partial charge in [0.2, 0.25) is 0 Å². The maximum atomic E-state index is 11.1. The van der Waals surface area contributed by atoms with Crippen LogP contribution in [0.25, 0.3) is 0 Å². The Morgan fingerprint density at radius 2 is 2.25 bits per heavy atom. The van der Waals surface area contributed by atoms with E-state index in [4.69, 9.17) is 5.41 Å². The van der Waals surface area contributed by atoms with Crippen molar-refractivity contribution in [2.75, 3.05) is 7.05 Å². The molecule has 4 heteroatoms. The molecule has 0 aliphatic carbocycles. The standard InChI is InChI=1S/C8H15N3O/c1-5(2)4-6-7(9)10-8(12)11(6)3/h5-6H,4H2,1-3H3,(H2,9,10,12). The van der Waals surface area contributed by atoms with E-state index in [0.717, 1.165) is 6.42 Å². The summed E-state index contributed by atoms with van der Waals surface area (Å²) in [4.78, 5) is 12.6. The normalized spacial score (nSPS) is 23.7. The fourth-order valence-corrected chi connectivity index (χ4v) is 1.34. The molecule has 1 heterocycles. The number of likely N-dealkylation sites (N-methyl/N-ethyl adjacent to an activating group) is 1. The number of carbonyl (C=O) groups is 1. The Hall–Kier alpha value is -1.06. The fraction of sp³-hybridized carbons (Fsp3) is 0.750. The third-order valence-electron chi connectivity index (χ3n) is 2.06. The molecule has 0 radical (unpaired) electrons. The predicted octanol–water partition coefficient (Wildman–Crippen LogP) is 1.03. The van der Waals surface area contributed by atoms with Crippen LogP contribution in [0.3, 0.4) is 0 Å². The van der Waals surface area contributed by atoms with Crippen molar-refractivity contribution in [1.29, 1.82) is 5.41 Å². The zero-order valence-electron chi connectivity index (χ0n) is 7.72. The summed E-state index contributed by atoms with van der Waals surface area (Å²) in [5, 5.41) is 9.98. The Morgan fingerprint density at radius 3 is 2.58 bits per heavy atom. The Bertz CT molecular complexity index is 212. The number of amidine groups is 1. The van der Waals surface area contributed by atoms with Crippen molar-refractivity contribution in [3.05, 3.63) is 0 Å². The summed E-state index contributed by atoms with van der Waals surface area (Å²) in [5.41, 5.74) is 0. The summed E-state index contributed by atoms with van der Waals surface area (Å²) >= 11 is 0. The highest BCUT2D eigenvalue weighted by molar-refractivity contribution is 6.05. The minimum absolute atomic E-state index is 0.0440. The summed E-state index contributed by atoms with van der Waals surface area (Å²) in [7, 11) is 1.73. The summed E-state index contributed by atoms with van der Waals surface area (Å²) in [5.74, 6) is 0.835. The lowest BCUT2D eigenvalue weighted by Gasteiger charge is -2.18. The lowest BCUT2D eigenvalue weighted by Crippen LogP contribution is -2.32. The molecular formula is C8H15N3O. The van der Waals surface area contributed by atoms with E-state index in [1.807, 2.05) is 0 Å². The molecule has 1 fully saturated rings. The van der Waals surface area contributed by atoms with Crippen LogP contribution in [0.4, 0.5) is 4.79 Å². The van der Waals surface area contributed by atoms with Crippen LogP contribution in [0.2, 0.25) is 0 Å². The van der Waals surface area contributed by atoms with Crippen molar-refractivity contribution in [3.8, 4) is 0 Å². The van der Waals surface area contributed by atoms with Crippen molar-refractivity contribution in [2.45, 2.75) is 26.3 Å². The third kappa shape index (κ3) is 1.57. The molecule has 1 atom stereocenters. The first kappa shape index (κ1) is 9.03. The van der Waals surface area contributed by atoms with Crippen LogP contribution in [0.15, 0.2) is 0 Å². The van der Waals surface area contributed by atoms with Crippen molar-refractivity contribution in [2.24, 2.45) is 5.92 Å². The lowest BCUT2D eigenvalue weighted by molar-refractivity contribution is 0.213. The number of hydrogen-bond donors (Lipinski definition) is 2. The van der Waals surface area contributed by atoms with E-state index in [0.29, 0.717) is 11.8 Å². The molecule has 1 saturated heterocycles. The summed E-state index contributed by atoms with van der Waals surface area (Å²) in [6.07, 6.45) is 0.855. The molecule has 68 valence electrons. The number of amides is 2. The van der Waals surface area contributed by atoms with Gasteiger partial charge in [0.1, 0.15) is 5.84 Å². The van der Waals surface area contributed by atoms with E-state index in [1.165, 1.54) is 0 Å². The largest absolute Gasteiger partial charge is 0.323 e. The molecule has 0 saturated carbocycles. The predicted molar refractivity (Wildman–Crippen MR) is 47.3 cm³/mol. The second kappa shape index (κ2) is 3.13. The van der Waals surface area contributed by atoms with Gasteiger partial charge in [-0.05, 0) is 12.3 Å². The van der Waals surface area contributed by atoms with Crippen LogP contribution in [-0.2, 0) is 0 Å². The first-order valence-corrected chi connectivity index (χ1v) is 4.14. The molecule has 0 aromatic rings. The van der Waals surface area contributed by atoms with Crippen LogP contribution in [-0.4, -0.2) is 29.9 Å². The maximum Gasteiger partial charge on any atom is 0.323 e. The second-order valence-corrected chi connectivity index (χ2v) is 3.60. The zero-order valence-corrected chi connectivity index (χ0v) is 7.72. The third-order valence-corrected chi connectivity index (χ3v) is 2.06. The van der Waals surface area contributed by atoms with Gasteiger partial charge in [-0.2, -0.15) is 0 Å². The average molecular weight is 169 g/mol. The molecule has 12 heavy (non-hydrogen) atoms. The zero-order chi connectivity index (χ0) is 9.30. The molecule has 0 bridgehead atoms. The van der Waals surface area contributed by atoms with Gasteiger partial charge < -0.3 is 4.90 Å². The molecule has 1 rings (SSSR count). The van der Waals surface area contributed by atoms with Gasteiger partial charge >= 0.3 is 6.03 Å². The molecule has 2 N–H and O–H groups in total. The highest BCUT2D eigenvalue weighted by Gasteiger charge is 2.32. The van der Waals surface area contributed by atoms with Crippen LogP contribution in [0.5, 0.6) is 0 Å². The first-order chi connectivity index (χ1) is 5.52. The molecule has 1 aliphatic heterocycles. The molecule has 0 aromatic heterocycles. The van der Waals surface area contributed by atoms with Gasteiger partial charge in [-0.3, -0.25) is 10.7 Å². The van der Waals surface area contributed by atoms with E-state index in [2.05, 4.69) is 19.2 Å². The number of nitrogens with one attached hydrogen (secondary N) is 2. The van der Waals surface area contributed by atoms with Gasteiger partial charge in [0.05, 0.1) is 6.04 Å². The van der Waals surface area contributed by atoms with Crippen molar-refractivity contribution in [1.82, 2.24) is 10.2 Å². The Balaban J connectivity index is 2.63. The lowest BCUT2D eigenvalue weighted by atomic mass is 10.0. The quantitative estimate of drug-likeness (QED) is 0.637. The van der Waals surface area contributed by atoms with E-state index < -0.39 is 0 Å². The van der Waals surface area contributed by atoms with Crippen LogP contribution in [0.1, 0.15) is 20.3 Å². The van der Waals surface area contributed by atoms with Crippen LogP contribution in [0, 0.1) is 11.3 Å². The summed E-state index contributed by atoms with van der Waals surface area (Å²) < 4.78 is 0. The SMILES string of the molecule is CC(C)CC1C(=N)NC(=O)N1C. The monoisotopic (exact) mass is 169 g/mol. The van der Waals surface area contributed by atoms with Crippen LogP contribution >= 0.6 is 0 Å². The number of rotatable bonds is 2. The Labute approximate surface area is 72.4 Å². The van der Waals surface area contributed by atoms with Gasteiger partial charge in [-0.15, -0.1) is 0 Å². The Morgan fingerprint density at radius 1 is 1.67 bits per heavy atom. The van der Waals surface area contributed by atoms with Gasteiger partial charge in [0.25, 0.3) is 0 Å². The van der Waals surface area contributed by atoms with E-state index >= 15 is 0 Å². The topological polar surface area (TPSA) is 56.2 Å². The van der Waals surface area contributed by atoms with Gasteiger partial charge in [0, 0.05) is 7.05 Å². The smallest absolute Gasteiger partial charge is 0.317 e. The molecule has 1 aliphatic rings. The number of carbonyl (C=O) groups excluding carboxylic acids is 1. The number of urea groups is 1. The minimum Gasteiger partial charge on any atom is -0.317 e. The molecule has 1 unspecified atom stereocenters. The number of hydrogen-bond acceptors (Lipinski definition) is 2. The van der Waals surface area contributed by atoms with Gasteiger partial charge in [-0.25, -0.2) is 4.79 Å². The van der Waals surface area contributed by atoms with Crippen molar-refractivity contribution < 1.29 is 4.79 Å². The molecule has 0 aromatic carbocycles. The molecular weight excluding hydrogens is 154 g/mol. The highest BCUT2D eigenvalue weighted by Crippen LogP contribution is 2.14. The fourth-order valence-electron chi connectivity index (χ4n) is 1.34. The van der Waals surface area contributed by atoms with Crippen molar-refractivity contribution in [3.63, 3.8) is 0 Å². The Kier molecular flexibility index (Phi) is 2.35. The van der Waals surface area contributed by atoms with Gasteiger partial charge in [-0.1, -0.05) is 13.8 Å². The van der Waals surface area contributed by atoms with Crippen molar-refractivity contribution >= 4 is 11.9 Å². The first-order valence-electron chi connectivity index (χ1n) is 4.14. The molecule has 0 spiro atoms. The maximum absolute atomic E-state index is 11.1. The van der Waals surface area contributed by atoms with Gasteiger partial charge in [0.15, 0.2) is 0 Å². The minimum atomic E-state index is -0.161. The van der Waals surface area contributed by atoms with Crippen LogP contribution < -0.4 is 5.32 Å². The molecule has 4 nitrogen and oxygen atoms in total. The second-order valence-electron chi connectivity index (χ2n) is 3.60. The number of nitrogens with zero attached hydrogens (tertiary/aromatic N) is 1.